The zero-order chi connectivity index (χ0) is 26.2. The van der Waals surface area contributed by atoms with Crippen molar-refractivity contribution in [3.05, 3.63) is 88.8 Å². The minimum Gasteiger partial charge on any atom is -0.496 e. The maximum absolute atomic E-state index is 13.8. The molecule has 0 N–H and O–H groups in total. The molecule has 1 amide bonds. The zero-order valence-electron chi connectivity index (χ0n) is 22.1. The number of amidine groups is 1. The highest BCUT2D eigenvalue weighted by Gasteiger charge is 2.37. The number of carbonyl (C=O) groups is 1. The molecule has 3 aromatic carbocycles. The number of aliphatic imine (C=N–C) groups is 1. The van der Waals surface area contributed by atoms with Crippen LogP contribution in [-0.4, -0.2) is 30.3 Å². The SMILES string of the molecule is CCN1c2cc(OC)c(/C=C3/SC(=Nc4ccccc4)N(c4ccccc4)C3=O)cc2C(C)CC1(C)C. The molecule has 1 saturated heterocycles. The van der Waals surface area contributed by atoms with Crippen molar-refractivity contribution in [1.82, 2.24) is 0 Å². The molecule has 6 heteroatoms. The molecular weight excluding hydrogens is 478 g/mol. The molecule has 5 rings (SSSR count). The summed E-state index contributed by atoms with van der Waals surface area (Å²) in [5.41, 5.74) is 5.10. The first-order valence-electron chi connectivity index (χ1n) is 12.7. The fraction of sp³-hybridized carbons (Fsp3) is 0.290. The second-order valence-corrected chi connectivity index (χ2v) is 11.1. The molecule has 0 spiro atoms. The van der Waals surface area contributed by atoms with Crippen LogP contribution in [0.3, 0.4) is 0 Å². The van der Waals surface area contributed by atoms with Crippen LogP contribution in [0.5, 0.6) is 5.75 Å². The first-order chi connectivity index (χ1) is 17.8. The highest BCUT2D eigenvalue weighted by Crippen LogP contribution is 2.47. The molecule has 0 aliphatic carbocycles. The van der Waals surface area contributed by atoms with Crippen LogP contribution >= 0.6 is 11.8 Å². The molecule has 2 heterocycles. The van der Waals surface area contributed by atoms with Crippen LogP contribution in [0.1, 0.15) is 51.2 Å². The number of methoxy groups -OCH3 is 1. The van der Waals surface area contributed by atoms with E-state index in [4.69, 9.17) is 9.73 Å². The number of rotatable bonds is 5. The number of hydrogen-bond donors (Lipinski definition) is 0. The number of ether oxygens (including phenoxy) is 1. The molecule has 0 saturated carbocycles. The second kappa shape index (κ2) is 10.1. The van der Waals surface area contributed by atoms with E-state index in [2.05, 4.69) is 44.7 Å². The third kappa shape index (κ3) is 4.78. The standard InChI is InChI=1S/C31H33N3O2S/c1-6-33-26-19-27(36-5)22(17-25(26)21(2)20-31(33,3)4)18-28-29(35)34(24-15-11-8-12-16-24)30(37-28)32-23-13-9-7-10-14-23/h7-19,21H,6,20H2,1-5H3/b28-18+,32-30?. The highest BCUT2D eigenvalue weighted by atomic mass is 32.2. The van der Waals surface area contributed by atoms with Gasteiger partial charge in [-0.15, -0.1) is 0 Å². The Morgan fingerprint density at radius 3 is 2.41 bits per heavy atom. The Bertz CT molecular complexity index is 1370. The van der Waals surface area contributed by atoms with E-state index in [1.165, 1.54) is 23.0 Å². The van der Waals surface area contributed by atoms with Gasteiger partial charge >= 0.3 is 0 Å². The van der Waals surface area contributed by atoms with Gasteiger partial charge in [0.15, 0.2) is 5.17 Å². The van der Waals surface area contributed by atoms with Gasteiger partial charge in [0, 0.05) is 29.4 Å². The third-order valence-electron chi connectivity index (χ3n) is 7.14. The van der Waals surface area contributed by atoms with Crippen molar-refractivity contribution in [2.45, 2.75) is 45.6 Å². The molecule has 37 heavy (non-hydrogen) atoms. The number of para-hydroxylation sites is 2. The van der Waals surface area contributed by atoms with Gasteiger partial charge in [-0.3, -0.25) is 9.69 Å². The van der Waals surface area contributed by atoms with Crippen LogP contribution in [0.2, 0.25) is 0 Å². The number of carbonyl (C=O) groups excluding carboxylic acids is 1. The van der Waals surface area contributed by atoms with Crippen LogP contribution < -0.4 is 14.5 Å². The Labute approximate surface area is 223 Å². The number of thioether (sulfide) groups is 1. The molecule has 1 atom stereocenters. The Morgan fingerprint density at radius 1 is 1.08 bits per heavy atom. The minimum atomic E-state index is -0.0879. The average molecular weight is 512 g/mol. The van der Waals surface area contributed by atoms with Crippen LogP contribution in [-0.2, 0) is 4.79 Å². The fourth-order valence-corrected chi connectivity index (χ4v) is 6.51. The van der Waals surface area contributed by atoms with E-state index in [0.717, 1.165) is 35.7 Å². The van der Waals surface area contributed by atoms with Crippen molar-refractivity contribution < 1.29 is 9.53 Å². The lowest BCUT2D eigenvalue weighted by Crippen LogP contribution is -2.48. The summed E-state index contributed by atoms with van der Waals surface area (Å²) < 4.78 is 5.85. The lowest BCUT2D eigenvalue weighted by atomic mass is 9.79. The number of fused-ring (bicyclic) bond motifs is 1. The first kappa shape index (κ1) is 25.2. The summed E-state index contributed by atoms with van der Waals surface area (Å²) in [4.78, 5) is 23.3. The summed E-state index contributed by atoms with van der Waals surface area (Å²) in [5.74, 6) is 1.08. The van der Waals surface area contributed by atoms with Crippen molar-refractivity contribution in [1.29, 1.82) is 0 Å². The summed E-state index contributed by atoms with van der Waals surface area (Å²) in [6.07, 6.45) is 3.03. The Hall–Kier alpha value is -3.51. The average Bonchev–Trinajstić information content (AvgIpc) is 3.19. The normalized spacial score (nSPS) is 21.0. The topological polar surface area (TPSA) is 45.1 Å². The predicted octanol–water partition coefficient (Wildman–Crippen LogP) is 7.62. The van der Waals surface area contributed by atoms with Crippen molar-refractivity contribution in [2.75, 3.05) is 23.5 Å². The highest BCUT2D eigenvalue weighted by molar-refractivity contribution is 8.19. The molecule has 0 radical (unpaired) electrons. The van der Waals surface area contributed by atoms with Gasteiger partial charge in [0.1, 0.15) is 5.75 Å². The van der Waals surface area contributed by atoms with Gasteiger partial charge in [-0.25, -0.2) is 4.99 Å². The Balaban J connectivity index is 1.60. The Kier molecular flexibility index (Phi) is 6.86. The summed E-state index contributed by atoms with van der Waals surface area (Å²) in [6, 6.07) is 23.8. The first-order valence-corrected chi connectivity index (χ1v) is 13.6. The van der Waals surface area contributed by atoms with Crippen molar-refractivity contribution in [3.63, 3.8) is 0 Å². The fourth-order valence-electron chi connectivity index (χ4n) is 5.52. The van der Waals surface area contributed by atoms with Crippen LogP contribution in [0, 0.1) is 0 Å². The summed E-state index contributed by atoms with van der Waals surface area (Å²) in [6.45, 7) is 10.0. The van der Waals surface area contributed by atoms with E-state index in [9.17, 15) is 4.79 Å². The van der Waals surface area contributed by atoms with E-state index in [0.29, 0.717) is 16.0 Å². The number of anilines is 2. The van der Waals surface area contributed by atoms with E-state index in [1.807, 2.05) is 66.7 Å². The third-order valence-corrected chi connectivity index (χ3v) is 8.11. The van der Waals surface area contributed by atoms with Gasteiger partial charge in [0.25, 0.3) is 5.91 Å². The maximum atomic E-state index is 13.8. The van der Waals surface area contributed by atoms with E-state index in [1.54, 1.807) is 12.0 Å². The van der Waals surface area contributed by atoms with Crippen LogP contribution in [0.25, 0.3) is 6.08 Å². The molecule has 2 aliphatic rings. The predicted molar refractivity (Wildman–Crippen MR) is 156 cm³/mol. The summed E-state index contributed by atoms with van der Waals surface area (Å²) in [5, 5.41) is 0.637. The molecule has 1 fully saturated rings. The maximum Gasteiger partial charge on any atom is 0.271 e. The molecule has 0 aromatic heterocycles. The molecule has 1 unspecified atom stereocenters. The van der Waals surface area contributed by atoms with Gasteiger partial charge in [0.2, 0.25) is 0 Å². The molecule has 3 aromatic rings. The summed E-state index contributed by atoms with van der Waals surface area (Å²) >= 11 is 1.40. The second-order valence-electron chi connectivity index (χ2n) is 10.1. The minimum absolute atomic E-state index is 0.0718. The van der Waals surface area contributed by atoms with Crippen molar-refractivity contribution in [3.8, 4) is 5.75 Å². The molecule has 5 nitrogen and oxygen atoms in total. The monoisotopic (exact) mass is 511 g/mol. The van der Waals surface area contributed by atoms with Gasteiger partial charge < -0.3 is 9.64 Å². The summed E-state index contributed by atoms with van der Waals surface area (Å²) in [7, 11) is 1.69. The Morgan fingerprint density at radius 2 is 1.76 bits per heavy atom. The van der Waals surface area contributed by atoms with E-state index < -0.39 is 0 Å². The molecule has 0 bridgehead atoms. The van der Waals surface area contributed by atoms with Gasteiger partial charge in [-0.2, -0.15) is 0 Å². The lowest BCUT2D eigenvalue weighted by molar-refractivity contribution is -0.113. The lowest BCUT2D eigenvalue weighted by Gasteiger charge is -2.47. The van der Waals surface area contributed by atoms with Crippen molar-refractivity contribution in [2.24, 2.45) is 4.99 Å². The van der Waals surface area contributed by atoms with E-state index >= 15 is 0 Å². The molecule has 2 aliphatic heterocycles. The van der Waals surface area contributed by atoms with Gasteiger partial charge in [0.05, 0.1) is 23.4 Å². The van der Waals surface area contributed by atoms with Gasteiger partial charge in [-0.05, 0) is 86.8 Å². The molecule has 190 valence electrons. The molecular formula is C31H33N3O2S. The number of amides is 1. The quantitative estimate of drug-likeness (QED) is 0.331. The van der Waals surface area contributed by atoms with Gasteiger partial charge in [-0.1, -0.05) is 43.3 Å². The smallest absolute Gasteiger partial charge is 0.271 e. The van der Waals surface area contributed by atoms with E-state index in [-0.39, 0.29) is 11.4 Å². The van der Waals surface area contributed by atoms with Crippen LogP contribution in [0.15, 0.2) is 82.7 Å². The number of hydrogen-bond acceptors (Lipinski definition) is 5. The number of nitrogens with zero attached hydrogens (tertiary/aromatic N) is 3. The number of benzene rings is 3. The van der Waals surface area contributed by atoms with Crippen LogP contribution in [0.4, 0.5) is 17.1 Å². The largest absolute Gasteiger partial charge is 0.496 e. The zero-order valence-corrected chi connectivity index (χ0v) is 22.9. The van der Waals surface area contributed by atoms with Crippen molar-refractivity contribution >= 4 is 46.0 Å².